The predicted octanol–water partition coefficient (Wildman–Crippen LogP) is 2.62. The molecular weight excluding hydrogens is 222 g/mol. The second-order valence-corrected chi connectivity index (χ2v) is 4.73. The number of Topliss-reactive ketones (excluding diaryl/α,β-unsaturated/α-hetero) is 1. The third-order valence-corrected chi connectivity index (χ3v) is 2.00. The molecule has 5 heteroatoms. The van der Waals surface area contributed by atoms with Gasteiger partial charge in [0.15, 0.2) is 0 Å². The summed E-state index contributed by atoms with van der Waals surface area (Å²) in [6, 6.07) is 0. The van der Waals surface area contributed by atoms with Gasteiger partial charge in [0.05, 0.1) is 12.9 Å². The highest BCUT2D eigenvalue weighted by atomic mass is 35.6. The maximum Gasteiger partial charge on any atom is 0.253 e. The zero-order valence-electron chi connectivity index (χ0n) is 6.15. The molecule has 0 amide bonds. The minimum Gasteiger partial charge on any atom is -0.501 e. The second kappa shape index (κ2) is 3.86. The summed E-state index contributed by atoms with van der Waals surface area (Å²) < 4.78 is 3.08. The average Bonchev–Trinajstić information content (AvgIpc) is 2.03. The number of allylic oxidation sites excluding steroid dienone is 1. The molecular formula is C7H7Cl3O2. The zero-order chi connectivity index (χ0) is 9.19. The molecule has 0 unspecified atom stereocenters. The van der Waals surface area contributed by atoms with Crippen molar-refractivity contribution in [2.75, 3.05) is 6.61 Å². The second-order valence-electron chi connectivity index (χ2n) is 2.44. The predicted molar refractivity (Wildman–Crippen MR) is 48.6 cm³/mol. The summed E-state index contributed by atoms with van der Waals surface area (Å²) in [5, 5.41) is 0. The fraction of sp³-hybridized carbons (Fsp3) is 0.571. The third-order valence-electron chi connectivity index (χ3n) is 1.48. The number of ketones is 1. The van der Waals surface area contributed by atoms with Gasteiger partial charge >= 0.3 is 0 Å². The van der Waals surface area contributed by atoms with E-state index in [9.17, 15) is 4.79 Å². The first kappa shape index (κ1) is 10.2. The van der Waals surface area contributed by atoms with Crippen molar-refractivity contribution in [2.45, 2.75) is 16.6 Å². The van der Waals surface area contributed by atoms with Crippen LogP contribution in [0.15, 0.2) is 11.8 Å². The van der Waals surface area contributed by atoms with Gasteiger partial charge in [0.25, 0.3) is 3.79 Å². The Labute approximate surface area is 85.4 Å². The minimum absolute atomic E-state index is 0.446. The van der Waals surface area contributed by atoms with Gasteiger partial charge in [0.1, 0.15) is 0 Å². The Bertz CT molecular complexity index is 217. The van der Waals surface area contributed by atoms with Crippen LogP contribution in [0.5, 0.6) is 0 Å². The summed E-state index contributed by atoms with van der Waals surface area (Å²) in [6.45, 7) is 0.622. The molecule has 1 aliphatic heterocycles. The maximum absolute atomic E-state index is 11.3. The van der Waals surface area contributed by atoms with Gasteiger partial charge in [0.2, 0.25) is 5.78 Å². The van der Waals surface area contributed by atoms with Gasteiger partial charge in [-0.2, -0.15) is 0 Å². The number of alkyl halides is 3. The molecule has 0 bridgehead atoms. The lowest BCUT2D eigenvalue weighted by Gasteiger charge is -2.16. The van der Waals surface area contributed by atoms with Crippen LogP contribution < -0.4 is 0 Å². The number of hydrogen-bond acceptors (Lipinski definition) is 2. The van der Waals surface area contributed by atoms with Crippen molar-refractivity contribution in [3.05, 3.63) is 11.8 Å². The summed E-state index contributed by atoms with van der Waals surface area (Å²) in [5.41, 5.74) is 0.446. The molecule has 0 saturated carbocycles. The number of carbonyl (C=O) groups excluding carboxylic acids is 1. The van der Waals surface area contributed by atoms with Crippen LogP contribution in [0.2, 0.25) is 0 Å². The monoisotopic (exact) mass is 228 g/mol. The lowest BCUT2D eigenvalue weighted by molar-refractivity contribution is -0.115. The highest BCUT2D eigenvalue weighted by Crippen LogP contribution is 2.32. The highest BCUT2D eigenvalue weighted by molar-refractivity contribution is 6.77. The van der Waals surface area contributed by atoms with E-state index in [1.807, 2.05) is 0 Å². The molecule has 0 saturated heterocycles. The van der Waals surface area contributed by atoms with Gasteiger partial charge in [-0.15, -0.1) is 0 Å². The number of rotatable bonds is 1. The Morgan fingerprint density at radius 2 is 2.17 bits per heavy atom. The largest absolute Gasteiger partial charge is 0.501 e. The van der Waals surface area contributed by atoms with E-state index in [1.165, 1.54) is 6.26 Å². The molecule has 0 aromatic heterocycles. The molecule has 0 aromatic carbocycles. The van der Waals surface area contributed by atoms with Crippen LogP contribution in [0, 0.1) is 0 Å². The van der Waals surface area contributed by atoms with Gasteiger partial charge in [-0.05, 0) is 12.8 Å². The lowest BCUT2D eigenvalue weighted by atomic mass is 10.1. The van der Waals surface area contributed by atoms with Gasteiger partial charge in [-0.3, -0.25) is 4.79 Å². The van der Waals surface area contributed by atoms with Crippen molar-refractivity contribution in [1.29, 1.82) is 0 Å². The van der Waals surface area contributed by atoms with E-state index >= 15 is 0 Å². The van der Waals surface area contributed by atoms with E-state index in [2.05, 4.69) is 0 Å². The van der Waals surface area contributed by atoms with Crippen molar-refractivity contribution in [2.24, 2.45) is 0 Å². The SMILES string of the molecule is O=C(C1=COCCC1)C(Cl)(Cl)Cl. The fourth-order valence-corrected chi connectivity index (χ4v) is 1.28. The molecule has 0 fully saturated rings. The quantitative estimate of drug-likeness (QED) is 0.646. The van der Waals surface area contributed by atoms with E-state index in [4.69, 9.17) is 39.5 Å². The molecule has 0 N–H and O–H groups in total. The molecule has 0 radical (unpaired) electrons. The fourth-order valence-electron chi connectivity index (χ4n) is 0.914. The normalized spacial score (nSPS) is 18.1. The number of carbonyl (C=O) groups is 1. The topological polar surface area (TPSA) is 26.3 Å². The van der Waals surface area contributed by atoms with E-state index in [0.29, 0.717) is 18.6 Å². The molecule has 0 spiro atoms. The Morgan fingerprint density at radius 3 is 2.58 bits per heavy atom. The number of ether oxygens (including phenoxy) is 1. The molecule has 1 aliphatic rings. The Hall–Kier alpha value is 0.0800. The lowest BCUT2D eigenvalue weighted by Crippen LogP contribution is -2.22. The Kier molecular flexibility index (Phi) is 3.27. The summed E-state index contributed by atoms with van der Waals surface area (Å²) in [7, 11) is 0. The Balaban J connectivity index is 2.70. The average molecular weight is 229 g/mol. The molecule has 1 rings (SSSR count). The van der Waals surface area contributed by atoms with Gasteiger partial charge in [-0.25, -0.2) is 0 Å². The number of hydrogen-bond donors (Lipinski definition) is 0. The molecule has 0 aromatic rings. The Morgan fingerprint density at radius 1 is 1.50 bits per heavy atom. The summed E-state index contributed by atoms with van der Waals surface area (Å²) in [4.78, 5) is 11.3. The molecule has 0 atom stereocenters. The van der Waals surface area contributed by atoms with E-state index in [0.717, 1.165) is 6.42 Å². The van der Waals surface area contributed by atoms with E-state index in [1.54, 1.807) is 0 Å². The summed E-state index contributed by atoms with van der Waals surface area (Å²) in [6.07, 6.45) is 2.78. The van der Waals surface area contributed by atoms with Crippen LogP contribution >= 0.6 is 34.8 Å². The van der Waals surface area contributed by atoms with Crippen LogP contribution in [0.1, 0.15) is 12.8 Å². The molecule has 2 nitrogen and oxygen atoms in total. The first-order valence-electron chi connectivity index (χ1n) is 3.44. The van der Waals surface area contributed by atoms with Crippen LogP contribution in [0.3, 0.4) is 0 Å². The van der Waals surface area contributed by atoms with Crippen molar-refractivity contribution in [3.63, 3.8) is 0 Å². The van der Waals surface area contributed by atoms with Crippen LogP contribution in [-0.2, 0) is 9.53 Å². The molecule has 12 heavy (non-hydrogen) atoms. The molecule has 1 heterocycles. The highest BCUT2D eigenvalue weighted by Gasteiger charge is 2.33. The third kappa shape index (κ3) is 2.54. The van der Waals surface area contributed by atoms with Crippen molar-refractivity contribution in [1.82, 2.24) is 0 Å². The maximum atomic E-state index is 11.3. The standard InChI is InChI=1S/C7H7Cl3O2/c8-7(9,10)6(11)5-2-1-3-12-4-5/h4H,1-3H2. The van der Waals surface area contributed by atoms with Crippen LogP contribution in [-0.4, -0.2) is 16.2 Å². The smallest absolute Gasteiger partial charge is 0.253 e. The summed E-state index contributed by atoms with van der Waals surface area (Å²) >= 11 is 16.2. The van der Waals surface area contributed by atoms with E-state index < -0.39 is 9.58 Å². The molecule has 0 aliphatic carbocycles. The van der Waals surface area contributed by atoms with Crippen LogP contribution in [0.25, 0.3) is 0 Å². The number of halogens is 3. The van der Waals surface area contributed by atoms with Gasteiger partial charge in [0, 0.05) is 5.57 Å². The van der Waals surface area contributed by atoms with Crippen molar-refractivity contribution in [3.8, 4) is 0 Å². The first-order chi connectivity index (χ1) is 5.52. The van der Waals surface area contributed by atoms with Crippen molar-refractivity contribution < 1.29 is 9.53 Å². The van der Waals surface area contributed by atoms with Gasteiger partial charge in [-0.1, -0.05) is 34.8 Å². The van der Waals surface area contributed by atoms with E-state index in [-0.39, 0.29) is 0 Å². The summed E-state index contributed by atoms with van der Waals surface area (Å²) in [5.74, 6) is -0.493. The first-order valence-corrected chi connectivity index (χ1v) is 4.57. The zero-order valence-corrected chi connectivity index (χ0v) is 8.42. The van der Waals surface area contributed by atoms with Crippen molar-refractivity contribution >= 4 is 40.6 Å². The molecule has 68 valence electrons. The van der Waals surface area contributed by atoms with Gasteiger partial charge < -0.3 is 4.74 Å². The minimum atomic E-state index is -1.85. The van der Waals surface area contributed by atoms with Crippen LogP contribution in [0.4, 0.5) is 0 Å².